The maximum atomic E-state index is 13.3. The number of carbonyl (C=O) groups excluding carboxylic acids is 1. The minimum Gasteiger partial charge on any atom is -0.288 e. The number of pyridine rings is 1. The standard InChI is InChI=1S/C23H12ClN3OS/c24-13-7-8-16-17(12-13)25-10-9-18(16)27-22-14-4-1-2-5-15(14)23(28)20(22)21(26-27)19-6-3-11-29-19/h1-12H. The number of carbonyl (C=O) groups is 1. The highest BCUT2D eigenvalue weighted by atomic mass is 35.5. The van der Waals surface area contributed by atoms with Crippen LogP contribution >= 0.6 is 22.9 Å². The molecule has 0 fully saturated rings. The van der Waals surface area contributed by atoms with Crippen LogP contribution in [-0.4, -0.2) is 20.5 Å². The number of halogens is 1. The molecule has 0 spiro atoms. The van der Waals surface area contributed by atoms with Gasteiger partial charge in [-0.05, 0) is 35.7 Å². The summed E-state index contributed by atoms with van der Waals surface area (Å²) in [4.78, 5) is 18.7. The van der Waals surface area contributed by atoms with E-state index in [1.54, 1.807) is 17.5 Å². The fraction of sp³-hybridized carbons (Fsp3) is 0. The first kappa shape index (κ1) is 16.7. The molecule has 6 heteroatoms. The normalized spacial score (nSPS) is 12.4. The molecule has 0 bridgehead atoms. The maximum absolute atomic E-state index is 13.3. The topological polar surface area (TPSA) is 47.8 Å². The molecule has 1 aliphatic carbocycles. The zero-order valence-corrected chi connectivity index (χ0v) is 16.5. The fourth-order valence-electron chi connectivity index (χ4n) is 3.96. The minimum absolute atomic E-state index is 0.0201. The molecule has 0 unspecified atom stereocenters. The van der Waals surface area contributed by atoms with Crippen LogP contribution in [0, 0.1) is 0 Å². The van der Waals surface area contributed by atoms with E-state index >= 15 is 0 Å². The van der Waals surface area contributed by atoms with Gasteiger partial charge in [-0.3, -0.25) is 9.78 Å². The van der Waals surface area contributed by atoms with Gasteiger partial charge in [0, 0.05) is 27.7 Å². The van der Waals surface area contributed by atoms with Crippen LogP contribution in [0.5, 0.6) is 0 Å². The lowest BCUT2D eigenvalue weighted by atomic mass is 10.1. The second-order valence-electron chi connectivity index (χ2n) is 6.83. The number of ketones is 1. The first-order chi connectivity index (χ1) is 14.2. The van der Waals surface area contributed by atoms with Crippen molar-refractivity contribution in [3.05, 3.63) is 88.4 Å². The summed E-state index contributed by atoms with van der Waals surface area (Å²) < 4.78 is 1.88. The number of hydrogen-bond donors (Lipinski definition) is 0. The molecule has 4 nitrogen and oxygen atoms in total. The highest BCUT2D eigenvalue weighted by Crippen LogP contribution is 2.44. The van der Waals surface area contributed by atoms with Crippen LogP contribution in [0.25, 0.3) is 38.4 Å². The summed E-state index contributed by atoms with van der Waals surface area (Å²) in [7, 11) is 0. The molecule has 3 heterocycles. The molecular formula is C23H12ClN3OS. The van der Waals surface area contributed by atoms with Crippen LogP contribution in [0.15, 0.2) is 72.2 Å². The van der Waals surface area contributed by atoms with E-state index in [9.17, 15) is 4.79 Å². The summed E-state index contributed by atoms with van der Waals surface area (Å²) in [5.41, 5.74) is 5.48. The van der Waals surface area contributed by atoms with Crippen LogP contribution in [-0.2, 0) is 0 Å². The van der Waals surface area contributed by atoms with Crippen molar-refractivity contribution in [2.45, 2.75) is 0 Å². The number of benzene rings is 2. The fourth-order valence-corrected chi connectivity index (χ4v) is 4.84. The van der Waals surface area contributed by atoms with Gasteiger partial charge in [-0.2, -0.15) is 5.10 Å². The molecule has 0 aliphatic heterocycles. The van der Waals surface area contributed by atoms with Gasteiger partial charge >= 0.3 is 0 Å². The Morgan fingerprint density at radius 2 is 1.83 bits per heavy atom. The maximum Gasteiger partial charge on any atom is 0.198 e. The van der Waals surface area contributed by atoms with E-state index in [1.165, 1.54) is 0 Å². The van der Waals surface area contributed by atoms with Crippen molar-refractivity contribution in [3.63, 3.8) is 0 Å². The summed E-state index contributed by atoms with van der Waals surface area (Å²) in [6, 6.07) is 19.2. The van der Waals surface area contributed by atoms with Gasteiger partial charge in [-0.25, -0.2) is 4.68 Å². The lowest BCUT2D eigenvalue weighted by Gasteiger charge is -2.10. The second kappa shape index (κ2) is 6.11. The van der Waals surface area contributed by atoms with Crippen molar-refractivity contribution in [2.75, 3.05) is 0 Å². The molecule has 3 aromatic heterocycles. The minimum atomic E-state index is 0.0201. The van der Waals surface area contributed by atoms with Gasteiger partial charge in [0.1, 0.15) is 5.69 Å². The summed E-state index contributed by atoms with van der Waals surface area (Å²) >= 11 is 7.74. The van der Waals surface area contributed by atoms with E-state index in [1.807, 2.05) is 70.7 Å². The zero-order chi connectivity index (χ0) is 19.5. The molecule has 0 N–H and O–H groups in total. The quantitative estimate of drug-likeness (QED) is 0.349. The summed E-state index contributed by atoms with van der Waals surface area (Å²) in [5, 5.41) is 8.47. The van der Waals surface area contributed by atoms with Crippen molar-refractivity contribution in [1.29, 1.82) is 0 Å². The molecule has 138 valence electrons. The lowest BCUT2D eigenvalue weighted by Crippen LogP contribution is -2.01. The Balaban J connectivity index is 1.73. The van der Waals surface area contributed by atoms with Gasteiger partial charge in [0.15, 0.2) is 5.78 Å². The summed E-state index contributed by atoms with van der Waals surface area (Å²) in [6.45, 7) is 0. The predicted molar refractivity (Wildman–Crippen MR) is 116 cm³/mol. The van der Waals surface area contributed by atoms with E-state index in [2.05, 4.69) is 4.98 Å². The van der Waals surface area contributed by atoms with Gasteiger partial charge in [0.2, 0.25) is 0 Å². The Hall–Kier alpha value is -3.28. The molecule has 0 saturated carbocycles. The van der Waals surface area contributed by atoms with Crippen LogP contribution < -0.4 is 0 Å². The molecule has 29 heavy (non-hydrogen) atoms. The van der Waals surface area contributed by atoms with E-state index in [-0.39, 0.29) is 5.78 Å². The van der Waals surface area contributed by atoms with E-state index in [0.717, 1.165) is 38.4 Å². The molecule has 0 radical (unpaired) electrons. The van der Waals surface area contributed by atoms with Gasteiger partial charge in [-0.1, -0.05) is 41.9 Å². The number of rotatable bonds is 2. The zero-order valence-electron chi connectivity index (χ0n) is 15.0. The molecule has 5 aromatic rings. The van der Waals surface area contributed by atoms with Crippen molar-refractivity contribution >= 4 is 39.6 Å². The average Bonchev–Trinajstić information content (AvgIpc) is 3.45. The molecule has 0 amide bonds. The Kier molecular flexibility index (Phi) is 3.51. The smallest absolute Gasteiger partial charge is 0.198 e. The third-order valence-corrected chi connectivity index (χ3v) is 6.32. The van der Waals surface area contributed by atoms with E-state index in [0.29, 0.717) is 16.1 Å². The van der Waals surface area contributed by atoms with Crippen LogP contribution in [0.1, 0.15) is 15.9 Å². The van der Waals surface area contributed by atoms with Gasteiger partial charge < -0.3 is 0 Å². The Morgan fingerprint density at radius 1 is 0.966 bits per heavy atom. The Bertz CT molecular complexity index is 1440. The third-order valence-electron chi connectivity index (χ3n) is 5.20. The van der Waals surface area contributed by atoms with Gasteiger partial charge in [-0.15, -0.1) is 11.3 Å². The molecule has 1 aliphatic rings. The first-order valence-electron chi connectivity index (χ1n) is 9.08. The van der Waals surface area contributed by atoms with Crippen molar-refractivity contribution in [3.8, 4) is 27.5 Å². The average molecular weight is 414 g/mol. The summed E-state index contributed by atoms with van der Waals surface area (Å²) in [5.74, 6) is 0.0201. The number of aromatic nitrogens is 3. The number of thiophene rings is 1. The monoisotopic (exact) mass is 413 g/mol. The SMILES string of the molecule is O=C1c2ccccc2-c2c1c(-c1cccs1)nn2-c1ccnc2cc(Cl)ccc12. The number of fused-ring (bicyclic) bond motifs is 4. The molecule has 0 atom stereocenters. The van der Waals surface area contributed by atoms with Crippen molar-refractivity contribution in [2.24, 2.45) is 0 Å². The van der Waals surface area contributed by atoms with Crippen LogP contribution in [0.2, 0.25) is 5.02 Å². The molecule has 0 saturated heterocycles. The highest BCUT2D eigenvalue weighted by molar-refractivity contribution is 7.13. The third kappa shape index (κ3) is 2.35. The van der Waals surface area contributed by atoms with E-state index in [4.69, 9.17) is 16.7 Å². The summed E-state index contributed by atoms with van der Waals surface area (Å²) in [6.07, 6.45) is 1.75. The number of hydrogen-bond acceptors (Lipinski definition) is 4. The second-order valence-corrected chi connectivity index (χ2v) is 8.21. The molecular weight excluding hydrogens is 402 g/mol. The Morgan fingerprint density at radius 3 is 2.66 bits per heavy atom. The Labute approximate surface area is 175 Å². The van der Waals surface area contributed by atoms with Gasteiger partial charge in [0.25, 0.3) is 0 Å². The van der Waals surface area contributed by atoms with Gasteiger partial charge in [0.05, 0.1) is 27.3 Å². The number of nitrogens with zero attached hydrogens (tertiary/aromatic N) is 3. The lowest BCUT2D eigenvalue weighted by molar-refractivity contribution is 0.104. The molecule has 6 rings (SSSR count). The van der Waals surface area contributed by atoms with Crippen LogP contribution in [0.4, 0.5) is 0 Å². The molecule has 2 aromatic carbocycles. The van der Waals surface area contributed by atoms with Crippen LogP contribution in [0.3, 0.4) is 0 Å². The van der Waals surface area contributed by atoms with Crippen molar-refractivity contribution in [1.82, 2.24) is 14.8 Å². The van der Waals surface area contributed by atoms with Crippen molar-refractivity contribution < 1.29 is 4.79 Å². The van der Waals surface area contributed by atoms with E-state index < -0.39 is 0 Å². The largest absolute Gasteiger partial charge is 0.288 e. The first-order valence-corrected chi connectivity index (χ1v) is 10.3. The highest BCUT2D eigenvalue weighted by Gasteiger charge is 2.35. The predicted octanol–water partition coefficient (Wildman–Crippen LogP) is 6.01.